The van der Waals surface area contributed by atoms with Crippen LogP contribution in [0, 0.1) is 13.8 Å². The van der Waals surface area contributed by atoms with Gasteiger partial charge in [-0.15, -0.1) is 0 Å². The summed E-state index contributed by atoms with van der Waals surface area (Å²) in [4.78, 5) is 28.5. The summed E-state index contributed by atoms with van der Waals surface area (Å²) in [7, 11) is 0. The fourth-order valence-electron chi connectivity index (χ4n) is 4.00. The van der Waals surface area contributed by atoms with Crippen LogP contribution in [-0.4, -0.2) is 24.2 Å². The molecule has 1 unspecified atom stereocenters. The zero-order valence-electron chi connectivity index (χ0n) is 18.5. The van der Waals surface area contributed by atoms with Gasteiger partial charge < -0.3 is 19.4 Å². The van der Waals surface area contributed by atoms with Crippen molar-refractivity contribution in [2.24, 2.45) is 0 Å². The van der Waals surface area contributed by atoms with E-state index in [9.17, 15) is 18.4 Å². The molecule has 0 fully saturated rings. The van der Waals surface area contributed by atoms with Crippen LogP contribution in [0.1, 0.15) is 66.0 Å². The molecule has 0 saturated heterocycles. The predicted octanol–water partition coefficient (Wildman–Crippen LogP) is 3.65. The molecule has 2 aromatic heterocycles. The Bertz CT molecular complexity index is 1220. The molecule has 1 atom stereocenters. The fraction of sp³-hybridized carbons (Fsp3) is 0.391. The number of benzene rings is 1. The van der Waals surface area contributed by atoms with Gasteiger partial charge >= 0.3 is 0 Å². The summed E-state index contributed by atoms with van der Waals surface area (Å²) in [6, 6.07) is 5.01. The fourth-order valence-corrected chi connectivity index (χ4v) is 4.42. The number of carbonyl (C=O) groups excluding carboxylic acids is 1. The van der Waals surface area contributed by atoms with Crippen molar-refractivity contribution < 1.29 is 13.6 Å². The number of aryl methyl sites for hydroxylation is 3. The molecule has 2 N–H and O–H groups in total. The summed E-state index contributed by atoms with van der Waals surface area (Å²) in [5.74, 6) is -0.413. The summed E-state index contributed by atoms with van der Waals surface area (Å²) in [5.41, 5.74) is 3.86. The Morgan fingerprint density at radius 2 is 1.97 bits per heavy atom. The van der Waals surface area contributed by atoms with E-state index in [1.807, 2.05) is 51.4 Å². The molecule has 7 nitrogen and oxygen atoms in total. The van der Waals surface area contributed by atoms with Crippen molar-refractivity contribution in [2.45, 2.75) is 64.9 Å². The minimum Gasteiger partial charge on any atom is -0.768 e. The van der Waals surface area contributed by atoms with Crippen molar-refractivity contribution in [3.8, 4) is 0 Å². The van der Waals surface area contributed by atoms with Crippen molar-refractivity contribution in [2.75, 3.05) is 0 Å². The summed E-state index contributed by atoms with van der Waals surface area (Å²) in [5, 5.41) is 3.54. The summed E-state index contributed by atoms with van der Waals surface area (Å²) in [6.07, 6.45) is 3.54. The van der Waals surface area contributed by atoms with Gasteiger partial charge in [0.1, 0.15) is 0 Å². The minimum absolute atomic E-state index is 0.0532. The topological polar surface area (TPSA) is 107 Å². The van der Waals surface area contributed by atoms with Crippen molar-refractivity contribution in [3.05, 3.63) is 62.7 Å². The van der Waals surface area contributed by atoms with Crippen LogP contribution in [0.3, 0.4) is 0 Å². The summed E-state index contributed by atoms with van der Waals surface area (Å²) in [6.45, 7) is 9.83. The number of pyridine rings is 1. The first-order valence-electron chi connectivity index (χ1n) is 10.4. The molecule has 1 aromatic carbocycles. The van der Waals surface area contributed by atoms with E-state index >= 15 is 0 Å². The highest BCUT2D eigenvalue weighted by Gasteiger charge is 2.19. The maximum Gasteiger partial charge on any atom is 0.253 e. The van der Waals surface area contributed by atoms with Crippen LogP contribution in [0.2, 0.25) is 0 Å². The highest BCUT2D eigenvalue weighted by molar-refractivity contribution is 7.79. The van der Waals surface area contributed by atoms with Crippen LogP contribution in [0.4, 0.5) is 0 Å². The van der Waals surface area contributed by atoms with Gasteiger partial charge in [-0.2, -0.15) is 0 Å². The maximum atomic E-state index is 13.2. The molecule has 0 aliphatic carbocycles. The number of fused-ring (bicyclic) bond motifs is 1. The van der Waals surface area contributed by atoms with Gasteiger partial charge in [-0.25, -0.2) is 0 Å². The van der Waals surface area contributed by atoms with Gasteiger partial charge in [0.15, 0.2) is 0 Å². The smallest absolute Gasteiger partial charge is 0.253 e. The first-order valence-corrected chi connectivity index (χ1v) is 11.5. The van der Waals surface area contributed by atoms with E-state index < -0.39 is 17.0 Å². The molecule has 0 radical (unpaired) electrons. The molecule has 8 heteroatoms. The number of amides is 1. The summed E-state index contributed by atoms with van der Waals surface area (Å²) < 4.78 is 25.3. The number of nitrogens with zero attached hydrogens (tertiary/aromatic N) is 1. The molecule has 0 bridgehead atoms. The molecule has 1 amide bonds. The largest absolute Gasteiger partial charge is 0.768 e. The van der Waals surface area contributed by atoms with E-state index in [1.165, 1.54) is 6.07 Å². The number of H-pyrrole nitrogens is 1. The molecule has 2 heterocycles. The molecule has 0 saturated carbocycles. The number of aromatic nitrogens is 2. The zero-order chi connectivity index (χ0) is 22.9. The average molecular weight is 443 g/mol. The Morgan fingerprint density at radius 3 is 2.58 bits per heavy atom. The Morgan fingerprint density at radius 1 is 1.26 bits per heavy atom. The molecule has 0 spiro atoms. The summed E-state index contributed by atoms with van der Waals surface area (Å²) >= 11 is -2.47. The van der Waals surface area contributed by atoms with Gasteiger partial charge in [-0.1, -0.05) is 13.3 Å². The zero-order valence-corrected chi connectivity index (χ0v) is 19.3. The Balaban J connectivity index is 2.04. The number of hydrogen-bond acceptors (Lipinski definition) is 4. The molecule has 0 aliphatic rings. The van der Waals surface area contributed by atoms with Crippen LogP contribution in [0.5, 0.6) is 0 Å². The monoisotopic (exact) mass is 442 g/mol. The van der Waals surface area contributed by atoms with Crippen molar-refractivity contribution in [1.82, 2.24) is 14.9 Å². The van der Waals surface area contributed by atoms with Crippen molar-refractivity contribution >= 4 is 27.9 Å². The number of rotatable bonds is 7. The van der Waals surface area contributed by atoms with Crippen molar-refractivity contribution in [1.29, 1.82) is 0 Å². The molecular weight excluding hydrogens is 414 g/mol. The average Bonchev–Trinajstić information content (AvgIpc) is 3.03. The van der Waals surface area contributed by atoms with E-state index in [1.54, 1.807) is 6.07 Å². The highest BCUT2D eigenvalue weighted by atomic mass is 32.2. The molecule has 0 aliphatic heterocycles. The second kappa shape index (κ2) is 9.20. The number of carbonyl (C=O) groups is 1. The maximum absolute atomic E-state index is 13.2. The lowest BCUT2D eigenvalue weighted by Crippen LogP contribution is -2.28. The highest BCUT2D eigenvalue weighted by Crippen LogP contribution is 2.30. The second-order valence-electron chi connectivity index (χ2n) is 8.13. The van der Waals surface area contributed by atoms with E-state index in [-0.39, 0.29) is 28.6 Å². The van der Waals surface area contributed by atoms with Crippen LogP contribution in [0.15, 0.2) is 34.1 Å². The first-order chi connectivity index (χ1) is 14.6. The predicted molar refractivity (Wildman–Crippen MR) is 121 cm³/mol. The third-order valence-corrected chi connectivity index (χ3v) is 6.02. The van der Waals surface area contributed by atoms with Crippen molar-refractivity contribution in [3.63, 3.8) is 0 Å². The SMILES string of the molecule is CCCc1cc(C)[nH]c(=O)c1CNC(=O)c1cc(S(=O)[O-])cc2c1c(C)cn2C(C)C. The van der Waals surface area contributed by atoms with E-state index in [0.717, 1.165) is 29.7 Å². The molecule has 3 rings (SSSR count). The standard InChI is InChI=1S/C23H29N3O4S/c1-6-7-16-8-15(5)25-23(28)19(16)11-24-22(27)18-9-17(31(29)30)10-20-21(18)14(4)12-26(20)13(2)3/h8-10,12-13H,6-7,11H2,1-5H3,(H,24,27)(H,25,28)(H,29,30)/p-1. The van der Waals surface area contributed by atoms with E-state index in [0.29, 0.717) is 16.5 Å². The van der Waals surface area contributed by atoms with E-state index in [4.69, 9.17) is 0 Å². The molecule has 3 aromatic rings. The van der Waals surface area contributed by atoms with Gasteiger partial charge in [0.2, 0.25) is 0 Å². The van der Waals surface area contributed by atoms with Crippen LogP contribution in [0.25, 0.3) is 10.9 Å². The number of nitrogens with one attached hydrogen (secondary N) is 2. The van der Waals surface area contributed by atoms with Crippen LogP contribution in [-0.2, 0) is 24.0 Å². The lowest BCUT2D eigenvalue weighted by molar-refractivity contribution is 0.0952. The Labute approximate surface area is 184 Å². The van der Waals surface area contributed by atoms with Gasteiger partial charge in [0.05, 0.1) is 11.1 Å². The number of hydrogen-bond donors (Lipinski definition) is 2. The van der Waals surface area contributed by atoms with Gasteiger partial charge in [-0.3, -0.25) is 13.8 Å². The third-order valence-electron chi connectivity index (χ3n) is 5.40. The van der Waals surface area contributed by atoms with Gasteiger partial charge in [0, 0.05) is 40.3 Å². The molecular formula is C23H28N3O4S-. The first kappa shape index (κ1) is 23.0. The third kappa shape index (κ3) is 4.65. The van der Waals surface area contributed by atoms with Gasteiger partial charge in [-0.05, 0) is 74.5 Å². The molecule has 31 heavy (non-hydrogen) atoms. The lowest BCUT2D eigenvalue weighted by atomic mass is 10.0. The second-order valence-corrected chi connectivity index (χ2v) is 9.07. The lowest BCUT2D eigenvalue weighted by Gasteiger charge is -2.15. The number of aromatic amines is 1. The quantitative estimate of drug-likeness (QED) is 0.545. The van der Waals surface area contributed by atoms with Gasteiger partial charge in [0.25, 0.3) is 11.5 Å². The van der Waals surface area contributed by atoms with Crippen LogP contribution < -0.4 is 10.9 Å². The molecule has 166 valence electrons. The Kier molecular flexibility index (Phi) is 6.81. The van der Waals surface area contributed by atoms with Crippen LogP contribution >= 0.6 is 0 Å². The normalized spacial score (nSPS) is 12.5. The van der Waals surface area contributed by atoms with E-state index in [2.05, 4.69) is 10.3 Å². The Hall–Kier alpha value is -2.71. The minimum atomic E-state index is -2.47.